The number of rotatable bonds is 4. The van der Waals surface area contributed by atoms with Gasteiger partial charge < -0.3 is 10.1 Å². The number of hydrogen-bond acceptors (Lipinski definition) is 3. The molecule has 1 aliphatic heterocycles. The fourth-order valence-electron chi connectivity index (χ4n) is 2.17. The molecular formula is C13H18F2N2O. The quantitative estimate of drug-likeness (QED) is 0.892. The monoisotopic (exact) mass is 256 g/mol. The van der Waals surface area contributed by atoms with Crippen molar-refractivity contribution < 1.29 is 13.5 Å². The fourth-order valence-corrected chi connectivity index (χ4v) is 2.17. The number of halogens is 2. The Kier molecular flexibility index (Phi) is 4.49. The van der Waals surface area contributed by atoms with Crippen LogP contribution in [-0.2, 0) is 6.54 Å². The third-order valence-corrected chi connectivity index (χ3v) is 3.15. The van der Waals surface area contributed by atoms with Crippen molar-refractivity contribution in [1.82, 2.24) is 10.2 Å². The van der Waals surface area contributed by atoms with E-state index in [4.69, 9.17) is 0 Å². The molecule has 2 rings (SSSR count). The Morgan fingerprint density at radius 1 is 1.50 bits per heavy atom. The highest BCUT2D eigenvalue weighted by Crippen LogP contribution is 2.18. The van der Waals surface area contributed by atoms with Gasteiger partial charge in [-0.15, -0.1) is 0 Å². The van der Waals surface area contributed by atoms with Crippen LogP contribution in [0.4, 0.5) is 8.78 Å². The van der Waals surface area contributed by atoms with Gasteiger partial charge in [0.1, 0.15) is 5.75 Å². The molecule has 0 spiro atoms. The van der Waals surface area contributed by atoms with Gasteiger partial charge >= 0.3 is 6.61 Å². The number of nitrogens with zero attached hydrogens (tertiary/aromatic N) is 1. The van der Waals surface area contributed by atoms with Gasteiger partial charge in [-0.2, -0.15) is 8.78 Å². The normalized spacial score (nSPS) is 21.2. The highest BCUT2D eigenvalue weighted by molar-refractivity contribution is 5.28. The average Bonchev–Trinajstić information content (AvgIpc) is 2.32. The molecule has 100 valence electrons. The van der Waals surface area contributed by atoms with E-state index < -0.39 is 6.61 Å². The van der Waals surface area contributed by atoms with Gasteiger partial charge in [0.25, 0.3) is 0 Å². The lowest BCUT2D eigenvalue weighted by Gasteiger charge is -2.33. The second-order valence-electron chi connectivity index (χ2n) is 4.55. The first-order chi connectivity index (χ1) is 8.65. The van der Waals surface area contributed by atoms with Gasteiger partial charge in [0, 0.05) is 32.2 Å². The summed E-state index contributed by atoms with van der Waals surface area (Å²) < 4.78 is 28.7. The first-order valence-electron chi connectivity index (χ1n) is 6.13. The van der Waals surface area contributed by atoms with E-state index in [9.17, 15) is 8.78 Å². The van der Waals surface area contributed by atoms with Crippen molar-refractivity contribution in [2.75, 3.05) is 19.6 Å². The highest BCUT2D eigenvalue weighted by atomic mass is 19.3. The maximum absolute atomic E-state index is 12.1. The first kappa shape index (κ1) is 13.2. The average molecular weight is 256 g/mol. The molecule has 3 nitrogen and oxygen atoms in total. The van der Waals surface area contributed by atoms with Crippen LogP contribution < -0.4 is 10.1 Å². The summed E-state index contributed by atoms with van der Waals surface area (Å²) in [6.45, 7) is 3.07. The fraction of sp³-hybridized carbons (Fsp3) is 0.538. The van der Waals surface area contributed by atoms with E-state index in [0.29, 0.717) is 6.04 Å². The molecule has 1 aromatic rings. The molecule has 0 aromatic heterocycles. The Labute approximate surface area is 106 Å². The summed E-state index contributed by atoms with van der Waals surface area (Å²) >= 11 is 0. The van der Waals surface area contributed by atoms with Crippen LogP contribution in [0.1, 0.15) is 12.5 Å². The number of piperazine rings is 1. The molecule has 1 N–H and O–H groups in total. The standard InChI is InChI=1S/C13H18F2N2O/c1-10-8-16-5-6-17(10)9-11-3-2-4-12(7-11)18-13(14)15/h2-4,7,10,13,16H,5-6,8-9H2,1H3/t10-/m1/s1. The summed E-state index contributed by atoms with van der Waals surface area (Å²) in [5, 5.41) is 3.32. The van der Waals surface area contributed by atoms with Crippen LogP contribution in [0.25, 0.3) is 0 Å². The van der Waals surface area contributed by atoms with Gasteiger partial charge in [0.2, 0.25) is 0 Å². The van der Waals surface area contributed by atoms with Crippen molar-refractivity contribution in [3.8, 4) is 5.75 Å². The van der Waals surface area contributed by atoms with Crippen molar-refractivity contribution in [3.63, 3.8) is 0 Å². The largest absolute Gasteiger partial charge is 0.435 e. The van der Waals surface area contributed by atoms with Crippen molar-refractivity contribution in [1.29, 1.82) is 0 Å². The predicted molar refractivity (Wildman–Crippen MR) is 65.8 cm³/mol. The summed E-state index contributed by atoms with van der Waals surface area (Å²) in [4.78, 5) is 2.33. The smallest absolute Gasteiger partial charge is 0.387 e. The summed E-state index contributed by atoms with van der Waals surface area (Å²) in [7, 11) is 0. The second kappa shape index (κ2) is 6.11. The Balaban J connectivity index is 1.99. The summed E-state index contributed by atoms with van der Waals surface area (Å²) in [6, 6.07) is 7.38. The lowest BCUT2D eigenvalue weighted by molar-refractivity contribution is -0.0499. The van der Waals surface area contributed by atoms with Gasteiger partial charge in [-0.3, -0.25) is 4.90 Å². The van der Waals surface area contributed by atoms with E-state index in [0.717, 1.165) is 31.7 Å². The van der Waals surface area contributed by atoms with E-state index >= 15 is 0 Å². The third-order valence-electron chi connectivity index (χ3n) is 3.15. The zero-order chi connectivity index (χ0) is 13.0. The number of hydrogen-bond donors (Lipinski definition) is 1. The topological polar surface area (TPSA) is 24.5 Å². The maximum atomic E-state index is 12.1. The molecule has 1 aromatic carbocycles. The van der Waals surface area contributed by atoms with Gasteiger partial charge in [0.05, 0.1) is 0 Å². The molecule has 0 radical (unpaired) electrons. The van der Waals surface area contributed by atoms with E-state index in [-0.39, 0.29) is 5.75 Å². The lowest BCUT2D eigenvalue weighted by Crippen LogP contribution is -2.49. The van der Waals surface area contributed by atoms with Gasteiger partial charge in [-0.05, 0) is 24.6 Å². The molecular weight excluding hydrogens is 238 g/mol. The Morgan fingerprint density at radius 2 is 2.33 bits per heavy atom. The number of alkyl halides is 2. The Hall–Kier alpha value is -1.20. The summed E-state index contributed by atoms with van der Waals surface area (Å²) in [5.41, 5.74) is 1.00. The molecule has 1 atom stereocenters. The number of nitrogens with one attached hydrogen (secondary N) is 1. The molecule has 5 heteroatoms. The third kappa shape index (κ3) is 3.65. The molecule has 0 bridgehead atoms. The van der Waals surface area contributed by atoms with Crippen LogP contribution in [0.2, 0.25) is 0 Å². The molecule has 0 amide bonds. The van der Waals surface area contributed by atoms with Crippen molar-refractivity contribution in [2.45, 2.75) is 26.1 Å². The molecule has 1 fully saturated rings. The van der Waals surface area contributed by atoms with E-state index in [1.54, 1.807) is 18.2 Å². The van der Waals surface area contributed by atoms with Crippen LogP contribution in [0.5, 0.6) is 5.75 Å². The molecule has 1 heterocycles. The first-order valence-corrected chi connectivity index (χ1v) is 6.13. The minimum atomic E-state index is -2.77. The van der Waals surface area contributed by atoms with Gasteiger partial charge in [-0.1, -0.05) is 12.1 Å². The predicted octanol–water partition coefficient (Wildman–Crippen LogP) is 2.08. The summed E-state index contributed by atoms with van der Waals surface area (Å²) in [5.74, 6) is 0.227. The molecule has 0 aliphatic carbocycles. The van der Waals surface area contributed by atoms with Crippen LogP contribution in [-0.4, -0.2) is 37.2 Å². The molecule has 1 saturated heterocycles. The highest BCUT2D eigenvalue weighted by Gasteiger charge is 2.17. The zero-order valence-electron chi connectivity index (χ0n) is 10.4. The SMILES string of the molecule is C[C@@H]1CNCCN1Cc1cccc(OC(F)F)c1. The van der Waals surface area contributed by atoms with Crippen molar-refractivity contribution >= 4 is 0 Å². The second-order valence-corrected chi connectivity index (χ2v) is 4.55. The van der Waals surface area contributed by atoms with Gasteiger partial charge in [0.15, 0.2) is 0 Å². The van der Waals surface area contributed by atoms with Gasteiger partial charge in [-0.25, -0.2) is 0 Å². The lowest BCUT2D eigenvalue weighted by atomic mass is 10.1. The molecule has 1 aliphatic rings. The summed E-state index contributed by atoms with van der Waals surface area (Å²) in [6.07, 6.45) is 0. The molecule has 0 unspecified atom stereocenters. The van der Waals surface area contributed by atoms with Crippen LogP contribution in [0, 0.1) is 0 Å². The van der Waals surface area contributed by atoms with Crippen LogP contribution in [0.3, 0.4) is 0 Å². The van der Waals surface area contributed by atoms with E-state index in [2.05, 4.69) is 21.9 Å². The number of ether oxygens (including phenoxy) is 1. The van der Waals surface area contributed by atoms with E-state index in [1.807, 2.05) is 6.07 Å². The van der Waals surface area contributed by atoms with Crippen LogP contribution >= 0.6 is 0 Å². The van der Waals surface area contributed by atoms with Crippen molar-refractivity contribution in [2.24, 2.45) is 0 Å². The van der Waals surface area contributed by atoms with Crippen molar-refractivity contribution in [3.05, 3.63) is 29.8 Å². The Morgan fingerprint density at radius 3 is 3.06 bits per heavy atom. The minimum absolute atomic E-state index is 0.227. The maximum Gasteiger partial charge on any atom is 0.387 e. The molecule has 18 heavy (non-hydrogen) atoms. The van der Waals surface area contributed by atoms with Crippen LogP contribution in [0.15, 0.2) is 24.3 Å². The zero-order valence-corrected chi connectivity index (χ0v) is 10.4. The van der Waals surface area contributed by atoms with E-state index in [1.165, 1.54) is 0 Å². The number of benzene rings is 1. The Bertz CT molecular complexity index is 387. The molecule has 0 saturated carbocycles. The minimum Gasteiger partial charge on any atom is -0.435 e.